The molecule has 0 aliphatic heterocycles. The summed E-state index contributed by atoms with van der Waals surface area (Å²) in [7, 11) is 0. The molecule has 0 radical (unpaired) electrons. The molecule has 1 aromatic rings. The summed E-state index contributed by atoms with van der Waals surface area (Å²) >= 11 is 0. The van der Waals surface area contributed by atoms with Crippen molar-refractivity contribution in [2.45, 2.75) is 38.3 Å². The summed E-state index contributed by atoms with van der Waals surface area (Å²) in [6.07, 6.45) is 1.95. The van der Waals surface area contributed by atoms with E-state index < -0.39 is 12.1 Å². The van der Waals surface area contributed by atoms with Gasteiger partial charge in [0.1, 0.15) is 6.61 Å². The van der Waals surface area contributed by atoms with Crippen molar-refractivity contribution in [3.8, 4) is 0 Å². The number of rotatable bonds is 4. The number of carbonyl (C=O) groups is 2. The number of alkyl carbamates (subject to hydrolysis) is 1. The van der Waals surface area contributed by atoms with Crippen LogP contribution in [0, 0.1) is 5.92 Å². The van der Waals surface area contributed by atoms with Crippen LogP contribution in [0.15, 0.2) is 30.3 Å². The van der Waals surface area contributed by atoms with Gasteiger partial charge in [-0.15, -0.1) is 0 Å². The first-order valence-corrected chi connectivity index (χ1v) is 6.83. The van der Waals surface area contributed by atoms with E-state index >= 15 is 0 Å². The fraction of sp³-hybridized carbons (Fsp3) is 0.467. The van der Waals surface area contributed by atoms with E-state index in [9.17, 15) is 14.7 Å². The maximum atomic E-state index is 11.6. The van der Waals surface area contributed by atoms with Gasteiger partial charge in [-0.25, -0.2) is 4.79 Å². The number of hydrogen-bond donors (Lipinski definition) is 1. The molecular formula is C15H18NO4-. The number of amides is 1. The van der Waals surface area contributed by atoms with E-state index in [-0.39, 0.29) is 18.6 Å². The van der Waals surface area contributed by atoms with Crippen LogP contribution in [0.25, 0.3) is 0 Å². The van der Waals surface area contributed by atoms with Crippen LogP contribution < -0.4 is 10.4 Å². The number of carbonyl (C=O) groups excluding carboxylic acids is 2. The molecule has 5 nitrogen and oxygen atoms in total. The lowest BCUT2D eigenvalue weighted by Gasteiger charge is -2.29. The Kier molecular flexibility index (Phi) is 4.98. The van der Waals surface area contributed by atoms with Crippen LogP contribution in [0.4, 0.5) is 4.79 Å². The fourth-order valence-electron chi connectivity index (χ4n) is 2.40. The molecule has 0 aromatic heterocycles. The minimum absolute atomic E-state index is 0.00567. The molecule has 0 saturated heterocycles. The summed E-state index contributed by atoms with van der Waals surface area (Å²) in [6.45, 7) is 0.237. The van der Waals surface area contributed by atoms with Crippen molar-refractivity contribution in [3.05, 3.63) is 35.9 Å². The van der Waals surface area contributed by atoms with E-state index in [0.717, 1.165) is 5.56 Å². The van der Waals surface area contributed by atoms with Crippen LogP contribution in [0.2, 0.25) is 0 Å². The maximum absolute atomic E-state index is 11.6. The van der Waals surface area contributed by atoms with Crippen LogP contribution in [0.3, 0.4) is 0 Å². The molecule has 108 valence electrons. The Bertz CT molecular complexity index is 452. The molecule has 1 aliphatic rings. The smallest absolute Gasteiger partial charge is 0.407 e. The highest BCUT2D eigenvalue weighted by Gasteiger charge is 2.23. The summed E-state index contributed by atoms with van der Waals surface area (Å²) < 4.78 is 5.13. The average Bonchev–Trinajstić information content (AvgIpc) is 2.47. The van der Waals surface area contributed by atoms with Crippen LogP contribution in [0.1, 0.15) is 31.2 Å². The molecule has 0 spiro atoms. The minimum atomic E-state index is -0.991. The molecule has 0 unspecified atom stereocenters. The average molecular weight is 276 g/mol. The third kappa shape index (κ3) is 4.26. The second kappa shape index (κ2) is 6.93. The molecule has 1 fully saturated rings. The van der Waals surface area contributed by atoms with Crippen molar-refractivity contribution in [2.24, 2.45) is 5.92 Å². The molecule has 0 heterocycles. The number of aliphatic carboxylic acids is 1. The summed E-state index contributed by atoms with van der Waals surface area (Å²) in [5.41, 5.74) is 0.934. The Hall–Kier alpha value is -2.04. The normalized spacial score (nSPS) is 22.0. The van der Waals surface area contributed by atoms with E-state index in [1.54, 1.807) is 0 Å². The van der Waals surface area contributed by atoms with Crippen molar-refractivity contribution in [1.29, 1.82) is 0 Å². The Labute approximate surface area is 117 Å². The van der Waals surface area contributed by atoms with Gasteiger partial charge in [0.25, 0.3) is 0 Å². The Morgan fingerprint density at radius 2 is 1.80 bits per heavy atom. The second-order valence-electron chi connectivity index (χ2n) is 5.07. The molecule has 1 saturated carbocycles. The topological polar surface area (TPSA) is 78.5 Å². The predicted octanol–water partition coefficient (Wildman–Crippen LogP) is 1.22. The molecule has 0 bridgehead atoms. The van der Waals surface area contributed by atoms with Crippen molar-refractivity contribution in [1.82, 2.24) is 5.32 Å². The molecule has 0 atom stereocenters. The zero-order chi connectivity index (χ0) is 14.4. The Balaban J connectivity index is 1.69. The second-order valence-corrected chi connectivity index (χ2v) is 5.07. The Morgan fingerprint density at radius 1 is 1.15 bits per heavy atom. The van der Waals surface area contributed by atoms with Gasteiger partial charge in [0.2, 0.25) is 0 Å². The molecule has 1 aromatic carbocycles. The zero-order valence-electron chi connectivity index (χ0n) is 11.2. The molecular weight excluding hydrogens is 258 g/mol. The number of nitrogens with one attached hydrogen (secondary N) is 1. The van der Waals surface area contributed by atoms with Gasteiger partial charge >= 0.3 is 6.09 Å². The van der Waals surface area contributed by atoms with Crippen LogP contribution in [-0.4, -0.2) is 18.1 Å². The van der Waals surface area contributed by atoms with Crippen molar-refractivity contribution >= 4 is 12.1 Å². The van der Waals surface area contributed by atoms with Crippen LogP contribution in [-0.2, 0) is 16.1 Å². The van der Waals surface area contributed by atoms with Crippen LogP contribution in [0.5, 0.6) is 0 Å². The highest BCUT2D eigenvalue weighted by Crippen LogP contribution is 2.23. The fourth-order valence-corrected chi connectivity index (χ4v) is 2.40. The van der Waals surface area contributed by atoms with E-state index in [1.807, 2.05) is 30.3 Å². The summed E-state index contributed by atoms with van der Waals surface area (Å²) in [4.78, 5) is 22.4. The van der Waals surface area contributed by atoms with E-state index in [1.165, 1.54) is 0 Å². The summed E-state index contributed by atoms with van der Waals surface area (Å²) in [5, 5.41) is 13.5. The highest BCUT2D eigenvalue weighted by molar-refractivity contribution is 5.69. The van der Waals surface area contributed by atoms with Gasteiger partial charge in [0.05, 0.1) is 0 Å². The SMILES string of the molecule is O=C(NC1CCC(C(=O)[O-])CC1)OCc1ccccc1. The van der Waals surface area contributed by atoms with Gasteiger partial charge in [-0.1, -0.05) is 30.3 Å². The van der Waals surface area contributed by atoms with Gasteiger partial charge in [0, 0.05) is 12.0 Å². The van der Waals surface area contributed by atoms with Crippen molar-refractivity contribution < 1.29 is 19.4 Å². The number of benzene rings is 1. The number of carboxylic acids is 1. The van der Waals surface area contributed by atoms with Gasteiger partial charge in [0.15, 0.2) is 0 Å². The first-order valence-electron chi connectivity index (χ1n) is 6.83. The third-order valence-electron chi connectivity index (χ3n) is 3.60. The van der Waals surface area contributed by atoms with E-state index in [2.05, 4.69) is 5.32 Å². The molecule has 1 amide bonds. The van der Waals surface area contributed by atoms with Gasteiger partial charge < -0.3 is 20.0 Å². The van der Waals surface area contributed by atoms with E-state index in [4.69, 9.17) is 4.74 Å². The molecule has 1 N–H and O–H groups in total. The first-order chi connectivity index (χ1) is 9.65. The number of hydrogen-bond acceptors (Lipinski definition) is 4. The zero-order valence-corrected chi connectivity index (χ0v) is 11.2. The van der Waals surface area contributed by atoms with Crippen LogP contribution >= 0.6 is 0 Å². The monoisotopic (exact) mass is 276 g/mol. The third-order valence-corrected chi connectivity index (χ3v) is 3.60. The summed E-state index contributed by atoms with van der Waals surface area (Å²) in [5.74, 6) is -1.37. The lowest BCUT2D eigenvalue weighted by atomic mass is 9.86. The molecule has 2 rings (SSSR count). The van der Waals surface area contributed by atoms with Gasteiger partial charge in [-0.3, -0.25) is 0 Å². The quantitative estimate of drug-likeness (QED) is 0.897. The number of ether oxygens (including phenoxy) is 1. The van der Waals surface area contributed by atoms with Crippen molar-refractivity contribution in [2.75, 3.05) is 0 Å². The first kappa shape index (κ1) is 14.4. The summed E-state index contributed by atoms with van der Waals surface area (Å²) in [6, 6.07) is 9.44. The minimum Gasteiger partial charge on any atom is -0.550 e. The highest BCUT2D eigenvalue weighted by atomic mass is 16.5. The van der Waals surface area contributed by atoms with Gasteiger partial charge in [-0.05, 0) is 37.2 Å². The van der Waals surface area contributed by atoms with Gasteiger partial charge in [-0.2, -0.15) is 0 Å². The number of carboxylic acid groups (broad SMARTS) is 1. The predicted molar refractivity (Wildman–Crippen MR) is 70.5 cm³/mol. The lowest BCUT2D eigenvalue weighted by molar-refractivity contribution is -0.312. The van der Waals surface area contributed by atoms with E-state index in [0.29, 0.717) is 25.7 Å². The standard InChI is InChI=1S/C15H19NO4/c17-14(18)12-6-8-13(9-7-12)16-15(19)20-10-11-4-2-1-3-5-11/h1-5,12-13H,6-10H2,(H,16,19)(H,17,18)/p-1. The maximum Gasteiger partial charge on any atom is 0.407 e. The van der Waals surface area contributed by atoms with Crippen molar-refractivity contribution in [3.63, 3.8) is 0 Å². The lowest BCUT2D eigenvalue weighted by Crippen LogP contribution is -2.41. The molecule has 20 heavy (non-hydrogen) atoms. The molecule has 5 heteroatoms. The largest absolute Gasteiger partial charge is 0.550 e. The molecule has 1 aliphatic carbocycles. The Morgan fingerprint density at radius 3 is 2.40 bits per heavy atom.